The van der Waals surface area contributed by atoms with Gasteiger partial charge in [0.1, 0.15) is 0 Å². The molecule has 0 radical (unpaired) electrons. The maximum absolute atomic E-state index is 12.3. The maximum atomic E-state index is 12.3. The highest BCUT2D eigenvalue weighted by atomic mass is 16.5. The molecular weight excluding hydrogens is 266 g/mol. The molecule has 0 saturated heterocycles. The molecule has 4 nitrogen and oxygen atoms in total. The number of carbonyl (C=O) groups excluding carboxylic acids is 2. The quantitative estimate of drug-likeness (QED) is 0.795. The molecule has 1 aliphatic rings. The van der Waals surface area contributed by atoms with Gasteiger partial charge in [-0.25, -0.2) is 4.79 Å². The van der Waals surface area contributed by atoms with Crippen LogP contribution in [0.15, 0.2) is 48.5 Å². The van der Waals surface area contributed by atoms with Gasteiger partial charge < -0.3 is 4.74 Å². The number of carbonyl (C=O) groups is 2. The summed E-state index contributed by atoms with van der Waals surface area (Å²) in [6.07, 6.45) is 1.27. The zero-order valence-corrected chi connectivity index (χ0v) is 11.7. The average Bonchev–Trinajstić information content (AvgIpc) is 2.54. The van der Waals surface area contributed by atoms with Gasteiger partial charge in [0.15, 0.2) is 0 Å². The zero-order chi connectivity index (χ0) is 14.8. The Morgan fingerprint density at radius 3 is 2.48 bits per heavy atom. The van der Waals surface area contributed by atoms with E-state index in [9.17, 15) is 9.59 Å². The van der Waals surface area contributed by atoms with Crippen LogP contribution in [0, 0.1) is 0 Å². The third kappa shape index (κ3) is 2.40. The summed E-state index contributed by atoms with van der Waals surface area (Å²) in [4.78, 5) is 25.4. The molecular formula is C17H15NO3. The van der Waals surface area contributed by atoms with E-state index in [0.29, 0.717) is 12.0 Å². The molecule has 0 aromatic heterocycles. The summed E-state index contributed by atoms with van der Waals surface area (Å²) in [7, 11) is 1.35. The molecule has 1 heterocycles. The standard InChI is InChI=1S/C17H15NO3/c1-21-17(20)13-6-9-14(10-7-13)18-15-5-3-2-4-12(15)8-11-16(18)19/h2-7,9-10H,8,11H2,1H3. The Labute approximate surface area is 123 Å². The van der Waals surface area contributed by atoms with Gasteiger partial charge in [0.25, 0.3) is 0 Å². The third-order valence-electron chi connectivity index (χ3n) is 3.64. The number of amides is 1. The monoisotopic (exact) mass is 281 g/mol. The smallest absolute Gasteiger partial charge is 0.337 e. The number of aryl methyl sites for hydroxylation is 1. The summed E-state index contributed by atoms with van der Waals surface area (Å²) in [6, 6.07) is 14.8. The fourth-order valence-electron chi connectivity index (χ4n) is 2.58. The van der Waals surface area contributed by atoms with Crippen molar-refractivity contribution < 1.29 is 14.3 Å². The SMILES string of the molecule is COC(=O)c1ccc(N2C(=O)CCc3ccccc32)cc1. The molecule has 21 heavy (non-hydrogen) atoms. The molecule has 3 rings (SSSR count). The van der Waals surface area contributed by atoms with Crippen LogP contribution in [0.25, 0.3) is 0 Å². The number of para-hydroxylation sites is 1. The van der Waals surface area contributed by atoms with E-state index < -0.39 is 0 Å². The molecule has 0 saturated carbocycles. The number of anilines is 2. The molecule has 0 atom stereocenters. The summed E-state index contributed by atoms with van der Waals surface area (Å²) in [6.45, 7) is 0. The van der Waals surface area contributed by atoms with E-state index in [1.807, 2.05) is 24.3 Å². The van der Waals surface area contributed by atoms with Crippen molar-refractivity contribution in [2.24, 2.45) is 0 Å². The van der Waals surface area contributed by atoms with Crippen LogP contribution >= 0.6 is 0 Å². The summed E-state index contributed by atoms with van der Waals surface area (Å²) < 4.78 is 4.68. The summed E-state index contributed by atoms with van der Waals surface area (Å²) >= 11 is 0. The lowest BCUT2D eigenvalue weighted by Gasteiger charge is -2.29. The second kappa shape index (κ2) is 5.40. The lowest BCUT2D eigenvalue weighted by molar-refractivity contribution is -0.118. The zero-order valence-electron chi connectivity index (χ0n) is 11.7. The topological polar surface area (TPSA) is 46.6 Å². The fraction of sp³-hybridized carbons (Fsp3) is 0.176. The maximum Gasteiger partial charge on any atom is 0.337 e. The summed E-state index contributed by atoms with van der Waals surface area (Å²) in [5.41, 5.74) is 3.31. The molecule has 4 heteroatoms. The van der Waals surface area contributed by atoms with Gasteiger partial charge in [0.05, 0.1) is 18.4 Å². The Morgan fingerprint density at radius 2 is 1.76 bits per heavy atom. The van der Waals surface area contributed by atoms with Crippen LogP contribution < -0.4 is 4.90 Å². The Morgan fingerprint density at radius 1 is 1.05 bits per heavy atom. The van der Waals surface area contributed by atoms with Crippen molar-refractivity contribution in [2.45, 2.75) is 12.8 Å². The lowest BCUT2D eigenvalue weighted by Crippen LogP contribution is -2.30. The van der Waals surface area contributed by atoms with Crippen molar-refractivity contribution in [3.8, 4) is 0 Å². The van der Waals surface area contributed by atoms with Crippen LogP contribution in [0.1, 0.15) is 22.3 Å². The predicted octanol–water partition coefficient (Wildman–Crippen LogP) is 3.08. The molecule has 2 aromatic rings. The minimum Gasteiger partial charge on any atom is -0.465 e. The number of ether oxygens (including phenoxy) is 1. The molecule has 0 unspecified atom stereocenters. The van der Waals surface area contributed by atoms with Crippen LogP contribution in [-0.4, -0.2) is 19.0 Å². The van der Waals surface area contributed by atoms with E-state index >= 15 is 0 Å². The van der Waals surface area contributed by atoms with Crippen LogP contribution in [0.4, 0.5) is 11.4 Å². The van der Waals surface area contributed by atoms with Crippen LogP contribution in [0.5, 0.6) is 0 Å². The highest BCUT2D eigenvalue weighted by Gasteiger charge is 2.25. The number of hydrogen-bond acceptors (Lipinski definition) is 3. The Hall–Kier alpha value is -2.62. The number of methoxy groups -OCH3 is 1. The van der Waals surface area contributed by atoms with E-state index in [1.165, 1.54) is 7.11 Å². The number of rotatable bonds is 2. The number of benzene rings is 2. The van der Waals surface area contributed by atoms with E-state index in [0.717, 1.165) is 23.4 Å². The van der Waals surface area contributed by atoms with Gasteiger partial charge in [0, 0.05) is 12.1 Å². The van der Waals surface area contributed by atoms with Crippen LogP contribution in [-0.2, 0) is 16.0 Å². The Bertz CT molecular complexity index is 691. The van der Waals surface area contributed by atoms with Crippen LogP contribution in [0.2, 0.25) is 0 Å². The minimum atomic E-state index is -0.382. The first-order valence-corrected chi connectivity index (χ1v) is 6.80. The Kier molecular flexibility index (Phi) is 3.44. The molecule has 1 amide bonds. The molecule has 0 bridgehead atoms. The van der Waals surface area contributed by atoms with Crippen LogP contribution in [0.3, 0.4) is 0 Å². The van der Waals surface area contributed by atoms with Gasteiger partial charge >= 0.3 is 5.97 Å². The minimum absolute atomic E-state index is 0.0690. The normalized spacial score (nSPS) is 13.8. The van der Waals surface area contributed by atoms with Crippen molar-refractivity contribution in [1.82, 2.24) is 0 Å². The molecule has 2 aromatic carbocycles. The van der Waals surface area contributed by atoms with E-state index in [2.05, 4.69) is 4.74 Å². The molecule has 0 N–H and O–H groups in total. The average molecular weight is 281 g/mol. The third-order valence-corrected chi connectivity index (χ3v) is 3.64. The van der Waals surface area contributed by atoms with Gasteiger partial charge in [-0.1, -0.05) is 18.2 Å². The number of nitrogens with zero attached hydrogens (tertiary/aromatic N) is 1. The highest BCUT2D eigenvalue weighted by molar-refractivity contribution is 6.03. The Balaban J connectivity index is 2.00. The van der Waals surface area contributed by atoms with E-state index in [1.54, 1.807) is 29.2 Å². The molecule has 1 aliphatic heterocycles. The van der Waals surface area contributed by atoms with Crippen molar-refractivity contribution in [3.63, 3.8) is 0 Å². The van der Waals surface area contributed by atoms with Crippen molar-refractivity contribution >= 4 is 23.3 Å². The van der Waals surface area contributed by atoms with E-state index in [4.69, 9.17) is 0 Å². The summed E-state index contributed by atoms with van der Waals surface area (Å²) in [5.74, 6) is -0.313. The highest BCUT2D eigenvalue weighted by Crippen LogP contribution is 2.34. The first-order chi connectivity index (χ1) is 10.2. The number of hydrogen-bond donors (Lipinski definition) is 0. The summed E-state index contributed by atoms with van der Waals surface area (Å²) in [5, 5.41) is 0. The molecule has 0 spiro atoms. The van der Waals surface area contributed by atoms with Crippen molar-refractivity contribution in [2.75, 3.05) is 12.0 Å². The van der Waals surface area contributed by atoms with E-state index in [-0.39, 0.29) is 11.9 Å². The van der Waals surface area contributed by atoms with Crippen molar-refractivity contribution in [1.29, 1.82) is 0 Å². The number of fused-ring (bicyclic) bond motifs is 1. The van der Waals surface area contributed by atoms with Gasteiger partial charge in [-0.05, 0) is 42.3 Å². The first kappa shape index (κ1) is 13.4. The molecule has 106 valence electrons. The lowest BCUT2D eigenvalue weighted by atomic mass is 10.0. The van der Waals surface area contributed by atoms with Gasteiger partial charge in [-0.2, -0.15) is 0 Å². The molecule has 0 aliphatic carbocycles. The van der Waals surface area contributed by atoms with Crippen molar-refractivity contribution in [3.05, 3.63) is 59.7 Å². The fourth-order valence-corrected chi connectivity index (χ4v) is 2.58. The number of esters is 1. The van der Waals surface area contributed by atoms with Gasteiger partial charge in [0.2, 0.25) is 5.91 Å². The van der Waals surface area contributed by atoms with Gasteiger partial charge in [-0.3, -0.25) is 9.69 Å². The predicted molar refractivity (Wildman–Crippen MR) is 79.7 cm³/mol. The second-order valence-corrected chi connectivity index (χ2v) is 4.90. The molecule has 0 fully saturated rings. The largest absolute Gasteiger partial charge is 0.465 e. The first-order valence-electron chi connectivity index (χ1n) is 6.80. The van der Waals surface area contributed by atoms with Gasteiger partial charge in [-0.15, -0.1) is 0 Å². The second-order valence-electron chi connectivity index (χ2n) is 4.90.